The molecule has 0 saturated heterocycles. The van der Waals surface area contributed by atoms with Crippen molar-refractivity contribution in [2.24, 2.45) is 0 Å². The number of methoxy groups -OCH3 is 1. The van der Waals surface area contributed by atoms with Crippen LogP contribution in [0, 0.1) is 0 Å². The number of benzene rings is 1. The lowest BCUT2D eigenvalue weighted by molar-refractivity contribution is -0.137. The van der Waals surface area contributed by atoms with E-state index in [4.69, 9.17) is 9.26 Å². The summed E-state index contributed by atoms with van der Waals surface area (Å²) in [6.07, 6.45) is -4.47. The van der Waals surface area contributed by atoms with Crippen molar-refractivity contribution in [2.45, 2.75) is 11.1 Å². The maximum Gasteiger partial charge on any atom is 0.416 e. The first-order chi connectivity index (χ1) is 10.9. The highest BCUT2D eigenvalue weighted by Gasteiger charge is 2.34. The molecule has 1 aliphatic rings. The molecule has 0 N–H and O–H groups in total. The fourth-order valence-electron chi connectivity index (χ4n) is 2.19. The summed E-state index contributed by atoms with van der Waals surface area (Å²) in [4.78, 5) is 14.4. The van der Waals surface area contributed by atoms with E-state index in [1.807, 2.05) is 0 Å². The molecule has 0 saturated carbocycles. The molecule has 0 radical (unpaired) electrons. The van der Waals surface area contributed by atoms with Crippen LogP contribution in [-0.2, 0) is 6.18 Å². The summed E-state index contributed by atoms with van der Waals surface area (Å²) >= 11 is 1.40. The fraction of sp³-hybridized carbons (Fsp3) is 0.286. The minimum absolute atomic E-state index is 0.0860. The minimum Gasteiger partial charge on any atom is -0.479 e. The zero-order valence-corrected chi connectivity index (χ0v) is 12.7. The lowest BCUT2D eigenvalue weighted by Crippen LogP contribution is -2.35. The lowest BCUT2D eigenvalue weighted by atomic mass is 10.1. The highest BCUT2D eigenvalue weighted by molar-refractivity contribution is 7.99. The third kappa shape index (κ3) is 3.00. The van der Waals surface area contributed by atoms with Crippen LogP contribution in [-0.4, -0.2) is 30.5 Å². The van der Waals surface area contributed by atoms with Crippen LogP contribution >= 0.6 is 11.8 Å². The van der Waals surface area contributed by atoms with Crippen LogP contribution in [0.2, 0.25) is 0 Å². The van der Waals surface area contributed by atoms with Crippen LogP contribution < -0.4 is 9.64 Å². The maximum atomic E-state index is 12.9. The van der Waals surface area contributed by atoms with Crippen molar-refractivity contribution >= 4 is 23.4 Å². The second-order valence-corrected chi connectivity index (χ2v) is 5.86. The number of rotatable bonds is 2. The summed E-state index contributed by atoms with van der Waals surface area (Å²) < 4.78 is 48.4. The smallest absolute Gasteiger partial charge is 0.416 e. The second-order valence-electron chi connectivity index (χ2n) is 4.72. The zero-order valence-electron chi connectivity index (χ0n) is 11.9. The van der Waals surface area contributed by atoms with E-state index in [1.54, 1.807) is 0 Å². The van der Waals surface area contributed by atoms with Crippen molar-refractivity contribution in [3.05, 3.63) is 35.6 Å². The van der Waals surface area contributed by atoms with E-state index in [0.29, 0.717) is 10.6 Å². The monoisotopic (exact) mass is 344 g/mol. The van der Waals surface area contributed by atoms with E-state index >= 15 is 0 Å². The Hall–Kier alpha value is -2.16. The predicted molar refractivity (Wildman–Crippen MR) is 76.9 cm³/mol. The van der Waals surface area contributed by atoms with Gasteiger partial charge in [-0.3, -0.25) is 4.79 Å². The highest BCUT2D eigenvalue weighted by atomic mass is 32.2. The van der Waals surface area contributed by atoms with Gasteiger partial charge in [0.2, 0.25) is 5.76 Å². The van der Waals surface area contributed by atoms with Gasteiger partial charge in [0.1, 0.15) is 0 Å². The van der Waals surface area contributed by atoms with E-state index in [-0.39, 0.29) is 23.9 Å². The number of carbonyl (C=O) groups excluding carboxylic acids is 1. The van der Waals surface area contributed by atoms with Crippen molar-refractivity contribution in [2.75, 3.05) is 24.3 Å². The van der Waals surface area contributed by atoms with Gasteiger partial charge < -0.3 is 14.2 Å². The van der Waals surface area contributed by atoms with Gasteiger partial charge in [-0.2, -0.15) is 13.2 Å². The highest BCUT2D eigenvalue weighted by Crippen LogP contribution is 2.40. The number of ether oxygens (including phenoxy) is 1. The minimum atomic E-state index is -4.47. The molecule has 1 aliphatic heterocycles. The Morgan fingerprint density at radius 3 is 2.83 bits per heavy atom. The molecule has 3 rings (SSSR count). The molecule has 0 atom stereocenters. The van der Waals surface area contributed by atoms with Gasteiger partial charge >= 0.3 is 6.18 Å². The molecule has 9 heteroatoms. The average Bonchev–Trinajstić information content (AvgIpc) is 3.01. The first-order valence-electron chi connectivity index (χ1n) is 6.57. The molecule has 1 aromatic carbocycles. The van der Waals surface area contributed by atoms with Gasteiger partial charge in [-0.15, -0.1) is 11.8 Å². The van der Waals surface area contributed by atoms with Crippen LogP contribution in [0.3, 0.4) is 0 Å². The SMILES string of the molecule is COc1cc(C(=O)N2CCSc3ccc(C(F)(F)F)cc32)on1. The molecular formula is C14H11F3N2O3S. The molecule has 5 nitrogen and oxygen atoms in total. The van der Waals surface area contributed by atoms with Crippen LogP contribution in [0.15, 0.2) is 33.7 Å². The second kappa shape index (κ2) is 5.80. The molecule has 23 heavy (non-hydrogen) atoms. The summed E-state index contributed by atoms with van der Waals surface area (Å²) in [6.45, 7) is 0.279. The third-order valence-electron chi connectivity index (χ3n) is 3.30. The Morgan fingerprint density at radius 2 is 2.17 bits per heavy atom. The van der Waals surface area contributed by atoms with Gasteiger partial charge in [0, 0.05) is 17.2 Å². The van der Waals surface area contributed by atoms with Crippen LogP contribution in [0.25, 0.3) is 0 Å². The lowest BCUT2D eigenvalue weighted by Gasteiger charge is -2.28. The molecular weight excluding hydrogens is 333 g/mol. The number of nitrogens with zero attached hydrogens (tertiary/aromatic N) is 2. The van der Waals surface area contributed by atoms with E-state index < -0.39 is 17.6 Å². The Bertz CT molecular complexity index is 745. The van der Waals surface area contributed by atoms with E-state index in [0.717, 1.165) is 12.1 Å². The quantitative estimate of drug-likeness (QED) is 0.835. The largest absolute Gasteiger partial charge is 0.479 e. The number of carbonyl (C=O) groups is 1. The number of aromatic nitrogens is 1. The molecule has 0 aliphatic carbocycles. The molecule has 0 bridgehead atoms. The molecule has 122 valence electrons. The van der Waals surface area contributed by atoms with Gasteiger partial charge in [-0.25, -0.2) is 0 Å². The number of fused-ring (bicyclic) bond motifs is 1. The summed E-state index contributed by atoms with van der Waals surface area (Å²) in [5.41, 5.74) is -0.580. The van der Waals surface area contributed by atoms with Crippen molar-refractivity contribution in [1.29, 1.82) is 0 Å². The normalized spacial score (nSPS) is 14.5. The number of anilines is 1. The first-order valence-corrected chi connectivity index (χ1v) is 7.55. The molecule has 2 aromatic rings. The molecule has 0 unspecified atom stereocenters. The summed E-state index contributed by atoms with van der Waals surface area (Å²) in [5.74, 6) is 0.0674. The maximum absolute atomic E-state index is 12.9. The Balaban J connectivity index is 1.98. The molecule has 0 spiro atoms. The average molecular weight is 344 g/mol. The summed E-state index contributed by atoms with van der Waals surface area (Å²) in [6, 6.07) is 4.67. The van der Waals surface area contributed by atoms with Gasteiger partial charge in [0.15, 0.2) is 0 Å². The number of thioether (sulfide) groups is 1. The number of amides is 1. The number of halogens is 3. The van der Waals surface area contributed by atoms with Crippen molar-refractivity contribution in [3.8, 4) is 5.88 Å². The number of alkyl halides is 3. The van der Waals surface area contributed by atoms with Gasteiger partial charge in [0.05, 0.1) is 24.4 Å². The van der Waals surface area contributed by atoms with Crippen LogP contribution in [0.4, 0.5) is 18.9 Å². The number of hydrogen-bond donors (Lipinski definition) is 0. The fourth-order valence-corrected chi connectivity index (χ4v) is 3.17. The molecule has 1 amide bonds. The standard InChI is InChI=1S/C14H11F3N2O3S/c1-21-12-7-10(22-18-12)13(20)19-4-5-23-11-3-2-8(6-9(11)19)14(15,16)17/h2-3,6-7H,4-5H2,1H3. The van der Waals surface area contributed by atoms with Crippen LogP contribution in [0.1, 0.15) is 16.1 Å². The van der Waals surface area contributed by atoms with Crippen LogP contribution in [0.5, 0.6) is 5.88 Å². The summed E-state index contributed by atoms with van der Waals surface area (Å²) in [5, 5.41) is 3.53. The van der Waals surface area contributed by atoms with E-state index in [1.165, 1.54) is 35.9 Å². The van der Waals surface area contributed by atoms with E-state index in [2.05, 4.69) is 5.16 Å². The Labute approximate surface area is 133 Å². The van der Waals surface area contributed by atoms with Gasteiger partial charge in [-0.05, 0) is 23.4 Å². The number of hydrogen-bond acceptors (Lipinski definition) is 5. The zero-order chi connectivity index (χ0) is 16.6. The molecule has 2 heterocycles. The predicted octanol–water partition coefficient (Wildman–Crippen LogP) is 3.45. The summed E-state index contributed by atoms with van der Waals surface area (Å²) in [7, 11) is 1.37. The third-order valence-corrected chi connectivity index (χ3v) is 4.35. The molecule has 0 fully saturated rings. The van der Waals surface area contributed by atoms with Crippen molar-refractivity contribution < 1.29 is 27.2 Å². The first kappa shape index (κ1) is 15.7. The Kier molecular flexibility index (Phi) is 3.97. The van der Waals surface area contributed by atoms with Crippen molar-refractivity contribution in [3.63, 3.8) is 0 Å². The topological polar surface area (TPSA) is 55.6 Å². The van der Waals surface area contributed by atoms with Gasteiger partial charge in [-0.1, -0.05) is 0 Å². The Morgan fingerprint density at radius 1 is 1.39 bits per heavy atom. The van der Waals surface area contributed by atoms with E-state index in [9.17, 15) is 18.0 Å². The molecule has 1 aromatic heterocycles. The van der Waals surface area contributed by atoms with Crippen molar-refractivity contribution in [1.82, 2.24) is 5.16 Å². The van der Waals surface area contributed by atoms with Gasteiger partial charge in [0.25, 0.3) is 11.8 Å².